The Morgan fingerprint density at radius 1 is 1.56 bits per heavy atom. The third-order valence-electron chi connectivity index (χ3n) is 2.25. The Labute approximate surface area is 94.7 Å². The van der Waals surface area contributed by atoms with Crippen LogP contribution in [0.25, 0.3) is 0 Å². The van der Waals surface area contributed by atoms with E-state index in [4.69, 9.17) is 5.26 Å². The summed E-state index contributed by atoms with van der Waals surface area (Å²) in [7, 11) is 3.24. The molecule has 0 bridgehead atoms. The molecule has 4 nitrogen and oxygen atoms in total. The predicted octanol–water partition coefficient (Wildman–Crippen LogP) is 1.16. The zero-order chi connectivity index (χ0) is 12.1. The average molecular weight is 218 g/mol. The summed E-state index contributed by atoms with van der Waals surface area (Å²) in [6, 6.07) is 8.57. The summed E-state index contributed by atoms with van der Waals surface area (Å²) < 4.78 is 0. The summed E-state index contributed by atoms with van der Waals surface area (Å²) in [5, 5.41) is 18.2. The first-order chi connectivity index (χ1) is 7.54. The first-order valence-corrected chi connectivity index (χ1v) is 4.93. The van der Waals surface area contributed by atoms with E-state index in [0.717, 1.165) is 5.56 Å². The normalized spacial score (nSPS) is 11.6. The van der Waals surface area contributed by atoms with Crippen LogP contribution in [0.15, 0.2) is 24.3 Å². The van der Waals surface area contributed by atoms with Crippen molar-refractivity contribution in [2.75, 3.05) is 14.1 Å². The van der Waals surface area contributed by atoms with E-state index in [1.54, 1.807) is 38.4 Å². The summed E-state index contributed by atoms with van der Waals surface area (Å²) in [6.45, 7) is 0. The van der Waals surface area contributed by atoms with Gasteiger partial charge in [0.25, 0.3) is 0 Å². The fourth-order valence-electron chi connectivity index (χ4n) is 1.42. The second-order valence-corrected chi connectivity index (χ2v) is 3.79. The summed E-state index contributed by atoms with van der Waals surface area (Å²) in [5.41, 5.74) is 0.779. The van der Waals surface area contributed by atoms with E-state index >= 15 is 0 Å². The van der Waals surface area contributed by atoms with E-state index in [0.29, 0.717) is 6.42 Å². The predicted molar refractivity (Wildman–Crippen MR) is 59.6 cm³/mol. The van der Waals surface area contributed by atoms with Gasteiger partial charge < -0.3 is 10.0 Å². The molecule has 1 unspecified atom stereocenters. The average Bonchev–Trinajstić information content (AvgIpc) is 2.25. The van der Waals surface area contributed by atoms with Crippen molar-refractivity contribution in [2.24, 2.45) is 5.92 Å². The van der Waals surface area contributed by atoms with Crippen molar-refractivity contribution < 1.29 is 9.90 Å². The third kappa shape index (κ3) is 2.99. The minimum absolute atomic E-state index is 0.145. The lowest BCUT2D eigenvalue weighted by Crippen LogP contribution is -2.30. The molecule has 0 aliphatic rings. The number of rotatable bonds is 3. The van der Waals surface area contributed by atoms with E-state index in [-0.39, 0.29) is 11.7 Å². The molecule has 0 radical (unpaired) electrons. The lowest BCUT2D eigenvalue weighted by atomic mass is 9.99. The molecule has 1 aromatic rings. The van der Waals surface area contributed by atoms with Crippen LogP contribution in [0.4, 0.5) is 0 Å². The number of hydrogen-bond donors (Lipinski definition) is 1. The number of hydrogen-bond acceptors (Lipinski definition) is 3. The molecule has 0 spiro atoms. The Morgan fingerprint density at radius 3 is 2.75 bits per heavy atom. The Morgan fingerprint density at radius 2 is 2.25 bits per heavy atom. The maximum absolute atomic E-state index is 11.6. The molecule has 4 heteroatoms. The Bertz CT molecular complexity index is 421. The Hall–Kier alpha value is -2.02. The zero-order valence-corrected chi connectivity index (χ0v) is 9.34. The fourth-order valence-corrected chi connectivity index (χ4v) is 1.42. The molecule has 1 amide bonds. The molecule has 0 saturated heterocycles. The van der Waals surface area contributed by atoms with Gasteiger partial charge in [-0.1, -0.05) is 12.1 Å². The first-order valence-electron chi connectivity index (χ1n) is 4.93. The van der Waals surface area contributed by atoms with Crippen molar-refractivity contribution in [3.05, 3.63) is 29.8 Å². The summed E-state index contributed by atoms with van der Waals surface area (Å²) in [5.74, 6) is -0.769. The monoisotopic (exact) mass is 218 g/mol. The molecule has 0 saturated carbocycles. The standard InChI is InChI=1S/C12H14N2O2/c1-14(2)12(16)10(8-13)6-9-4-3-5-11(15)7-9/h3-5,7,10,15H,6H2,1-2H3. The molecule has 0 heterocycles. The highest BCUT2D eigenvalue weighted by Gasteiger charge is 2.19. The molecule has 84 valence electrons. The second-order valence-electron chi connectivity index (χ2n) is 3.79. The van der Waals surface area contributed by atoms with Crippen molar-refractivity contribution >= 4 is 5.91 Å². The maximum atomic E-state index is 11.6. The maximum Gasteiger partial charge on any atom is 0.239 e. The van der Waals surface area contributed by atoms with Crippen LogP contribution in [0.1, 0.15) is 5.56 Å². The summed E-state index contributed by atoms with van der Waals surface area (Å²) in [4.78, 5) is 13.0. The van der Waals surface area contributed by atoms with E-state index in [9.17, 15) is 9.90 Å². The van der Waals surface area contributed by atoms with Gasteiger partial charge in [0.1, 0.15) is 11.7 Å². The smallest absolute Gasteiger partial charge is 0.239 e. The molecule has 0 aliphatic carbocycles. The molecule has 1 aromatic carbocycles. The van der Waals surface area contributed by atoms with Gasteiger partial charge in [0.2, 0.25) is 5.91 Å². The van der Waals surface area contributed by atoms with Gasteiger partial charge in [0.15, 0.2) is 0 Å². The van der Waals surface area contributed by atoms with Crippen molar-refractivity contribution in [2.45, 2.75) is 6.42 Å². The van der Waals surface area contributed by atoms with Crippen LogP contribution in [-0.4, -0.2) is 30.0 Å². The number of nitrogens with zero attached hydrogens (tertiary/aromatic N) is 2. The van der Waals surface area contributed by atoms with Gasteiger partial charge in [-0.15, -0.1) is 0 Å². The van der Waals surface area contributed by atoms with Crippen LogP contribution in [-0.2, 0) is 11.2 Å². The van der Waals surface area contributed by atoms with Crippen LogP contribution in [0.5, 0.6) is 5.75 Å². The minimum Gasteiger partial charge on any atom is -0.508 e. The van der Waals surface area contributed by atoms with Gasteiger partial charge in [-0.05, 0) is 24.1 Å². The Kier molecular flexibility index (Phi) is 3.90. The minimum atomic E-state index is -0.697. The van der Waals surface area contributed by atoms with Crippen molar-refractivity contribution in [3.63, 3.8) is 0 Å². The SMILES string of the molecule is CN(C)C(=O)C(C#N)Cc1cccc(O)c1. The van der Waals surface area contributed by atoms with E-state index < -0.39 is 5.92 Å². The number of amides is 1. The van der Waals surface area contributed by atoms with Crippen LogP contribution < -0.4 is 0 Å². The highest BCUT2D eigenvalue weighted by atomic mass is 16.3. The molecule has 1 atom stereocenters. The van der Waals surface area contributed by atoms with Gasteiger partial charge in [0, 0.05) is 14.1 Å². The lowest BCUT2D eigenvalue weighted by Gasteiger charge is -2.14. The molecule has 0 fully saturated rings. The van der Waals surface area contributed by atoms with E-state index in [1.165, 1.54) is 4.90 Å². The lowest BCUT2D eigenvalue weighted by molar-refractivity contribution is -0.131. The van der Waals surface area contributed by atoms with Gasteiger partial charge in [-0.25, -0.2) is 0 Å². The number of aromatic hydroxyl groups is 1. The van der Waals surface area contributed by atoms with Crippen LogP contribution in [0.2, 0.25) is 0 Å². The van der Waals surface area contributed by atoms with Crippen molar-refractivity contribution in [3.8, 4) is 11.8 Å². The molecule has 16 heavy (non-hydrogen) atoms. The third-order valence-corrected chi connectivity index (χ3v) is 2.25. The van der Waals surface area contributed by atoms with Gasteiger partial charge in [-0.3, -0.25) is 4.79 Å². The molecular formula is C12H14N2O2. The topological polar surface area (TPSA) is 64.3 Å². The molecule has 1 N–H and O–H groups in total. The number of carbonyl (C=O) groups excluding carboxylic acids is 1. The van der Waals surface area contributed by atoms with Crippen LogP contribution in [0.3, 0.4) is 0 Å². The van der Waals surface area contributed by atoms with E-state index in [1.807, 2.05) is 6.07 Å². The quantitative estimate of drug-likeness (QED) is 0.828. The van der Waals surface area contributed by atoms with Gasteiger partial charge >= 0.3 is 0 Å². The largest absolute Gasteiger partial charge is 0.508 e. The number of phenols is 1. The Balaban J connectivity index is 2.79. The highest BCUT2D eigenvalue weighted by molar-refractivity contribution is 5.81. The first kappa shape index (κ1) is 12.1. The zero-order valence-electron chi connectivity index (χ0n) is 9.34. The van der Waals surface area contributed by atoms with Crippen molar-refractivity contribution in [1.82, 2.24) is 4.90 Å². The number of nitriles is 1. The molecule has 1 rings (SSSR count). The summed E-state index contributed by atoms with van der Waals surface area (Å²) in [6.07, 6.45) is 0.321. The van der Waals surface area contributed by atoms with Crippen molar-refractivity contribution in [1.29, 1.82) is 5.26 Å². The van der Waals surface area contributed by atoms with Gasteiger partial charge in [0.05, 0.1) is 6.07 Å². The number of phenolic OH excluding ortho intramolecular Hbond substituents is 1. The molecule has 0 aliphatic heterocycles. The van der Waals surface area contributed by atoms with E-state index in [2.05, 4.69) is 0 Å². The fraction of sp³-hybridized carbons (Fsp3) is 0.333. The van der Waals surface area contributed by atoms with Gasteiger partial charge in [-0.2, -0.15) is 5.26 Å². The number of benzene rings is 1. The number of carbonyl (C=O) groups is 1. The van der Waals surface area contributed by atoms with Crippen LogP contribution in [0, 0.1) is 17.2 Å². The van der Waals surface area contributed by atoms with Crippen LogP contribution >= 0.6 is 0 Å². The molecule has 0 aromatic heterocycles. The summed E-state index contributed by atoms with van der Waals surface area (Å²) >= 11 is 0. The highest BCUT2D eigenvalue weighted by Crippen LogP contribution is 2.15. The molecular weight excluding hydrogens is 204 g/mol. The second kappa shape index (κ2) is 5.17.